The van der Waals surface area contributed by atoms with Crippen LogP contribution in [0.5, 0.6) is 0 Å². The zero-order valence-corrected chi connectivity index (χ0v) is 7.52. The molecular weight excluding hydrogens is 231 g/mol. The number of hydrogen-bond donors (Lipinski definition) is 1. The molecule has 0 bridgehead atoms. The summed E-state index contributed by atoms with van der Waals surface area (Å²) in [5.74, 6) is 0. The van der Waals surface area contributed by atoms with E-state index in [1.54, 1.807) is 0 Å². The molecule has 0 aliphatic carbocycles. The number of rotatable bonds is 0. The highest BCUT2D eigenvalue weighted by Crippen LogP contribution is 2.17. The van der Waals surface area contributed by atoms with Crippen LogP contribution in [0, 0.1) is 0 Å². The molecule has 56 valence electrons. The van der Waals surface area contributed by atoms with Gasteiger partial charge in [0, 0.05) is 0 Å². The fourth-order valence-electron chi connectivity index (χ4n) is 0.745. The number of nitrogens with zero attached hydrogens (tertiary/aromatic N) is 3. The average molecular weight is 233 g/mol. The minimum atomic E-state index is 0.361. The summed E-state index contributed by atoms with van der Waals surface area (Å²) in [6, 6.07) is 0. The second-order valence-electron chi connectivity index (χ2n) is 1.90. The molecule has 0 unspecified atom stereocenters. The first-order valence-electron chi connectivity index (χ1n) is 2.79. The van der Waals surface area contributed by atoms with Crippen LogP contribution in [0.2, 0.25) is 5.15 Å². The molecule has 0 amide bonds. The van der Waals surface area contributed by atoms with Crippen molar-refractivity contribution in [3.8, 4) is 0 Å². The third-order valence-electron chi connectivity index (χ3n) is 1.19. The highest BCUT2D eigenvalue weighted by atomic mass is 79.9. The molecule has 0 aliphatic rings. The normalized spacial score (nSPS) is 10.7. The van der Waals surface area contributed by atoms with Crippen molar-refractivity contribution in [1.29, 1.82) is 0 Å². The van der Waals surface area contributed by atoms with E-state index in [-0.39, 0.29) is 0 Å². The first kappa shape index (κ1) is 7.00. The first-order valence-corrected chi connectivity index (χ1v) is 3.96. The fraction of sp³-hybridized carbons (Fsp3) is 0. The molecule has 2 aromatic rings. The third-order valence-corrected chi connectivity index (χ3v) is 1.93. The van der Waals surface area contributed by atoms with E-state index in [9.17, 15) is 0 Å². The Morgan fingerprint density at radius 1 is 1.55 bits per heavy atom. The first-order chi connectivity index (χ1) is 5.27. The van der Waals surface area contributed by atoms with Gasteiger partial charge in [0.25, 0.3) is 0 Å². The van der Waals surface area contributed by atoms with Crippen molar-refractivity contribution in [1.82, 2.24) is 20.2 Å². The number of hydrogen-bond acceptors (Lipinski definition) is 3. The SMILES string of the molecule is Clc1cnc2n[nH]c(Br)c2n1. The van der Waals surface area contributed by atoms with Crippen molar-refractivity contribution in [2.75, 3.05) is 0 Å². The molecule has 1 N–H and O–H groups in total. The summed E-state index contributed by atoms with van der Waals surface area (Å²) in [7, 11) is 0. The molecular formula is C5H2BrClN4. The lowest BCUT2D eigenvalue weighted by Crippen LogP contribution is -1.80. The van der Waals surface area contributed by atoms with Gasteiger partial charge in [0.05, 0.1) is 6.20 Å². The molecule has 0 radical (unpaired) electrons. The summed E-state index contributed by atoms with van der Waals surface area (Å²) in [5.41, 5.74) is 1.21. The Kier molecular flexibility index (Phi) is 1.54. The fourth-order valence-corrected chi connectivity index (χ4v) is 1.23. The number of aromatic nitrogens is 4. The van der Waals surface area contributed by atoms with Gasteiger partial charge in [-0.15, -0.1) is 0 Å². The zero-order valence-electron chi connectivity index (χ0n) is 5.17. The number of H-pyrrole nitrogens is 1. The second kappa shape index (κ2) is 2.42. The summed E-state index contributed by atoms with van der Waals surface area (Å²) in [4.78, 5) is 7.93. The lowest BCUT2D eigenvalue weighted by Gasteiger charge is -1.86. The van der Waals surface area contributed by atoms with Crippen LogP contribution < -0.4 is 0 Å². The Bertz CT molecular complexity index is 398. The summed E-state index contributed by atoms with van der Waals surface area (Å²) >= 11 is 8.83. The number of nitrogens with one attached hydrogen (secondary N) is 1. The Balaban J connectivity index is 2.87. The van der Waals surface area contributed by atoms with Crippen LogP contribution in [0.1, 0.15) is 0 Å². The van der Waals surface area contributed by atoms with Crippen molar-refractivity contribution in [2.24, 2.45) is 0 Å². The van der Waals surface area contributed by atoms with Gasteiger partial charge in [-0.05, 0) is 15.9 Å². The van der Waals surface area contributed by atoms with E-state index in [1.165, 1.54) is 6.20 Å². The van der Waals surface area contributed by atoms with E-state index in [4.69, 9.17) is 11.6 Å². The largest absolute Gasteiger partial charge is 0.267 e. The molecule has 0 aromatic carbocycles. The molecule has 11 heavy (non-hydrogen) atoms. The van der Waals surface area contributed by atoms with Crippen molar-refractivity contribution in [3.63, 3.8) is 0 Å². The van der Waals surface area contributed by atoms with Crippen molar-refractivity contribution in [2.45, 2.75) is 0 Å². The zero-order chi connectivity index (χ0) is 7.84. The van der Waals surface area contributed by atoms with Gasteiger partial charge in [-0.2, -0.15) is 5.10 Å². The molecule has 0 saturated carbocycles. The highest BCUT2D eigenvalue weighted by Gasteiger charge is 2.04. The average Bonchev–Trinajstić information content (AvgIpc) is 2.33. The molecule has 0 fully saturated rings. The number of aromatic amines is 1. The van der Waals surface area contributed by atoms with Crippen molar-refractivity contribution < 1.29 is 0 Å². The summed E-state index contributed by atoms with van der Waals surface area (Å²) in [6.45, 7) is 0. The predicted octanol–water partition coefficient (Wildman–Crippen LogP) is 1.77. The van der Waals surface area contributed by atoms with Gasteiger partial charge in [-0.3, -0.25) is 5.10 Å². The minimum Gasteiger partial charge on any atom is -0.267 e. The lowest BCUT2D eigenvalue weighted by molar-refractivity contribution is 1.08. The Hall–Kier alpha value is -0.680. The molecule has 2 rings (SSSR count). The monoisotopic (exact) mass is 232 g/mol. The van der Waals surface area contributed by atoms with Gasteiger partial charge in [-0.25, -0.2) is 9.97 Å². The molecule has 0 atom stereocenters. The van der Waals surface area contributed by atoms with Crippen LogP contribution in [0.25, 0.3) is 11.2 Å². The van der Waals surface area contributed by atoms with E-state index in [0.29, 0.717) is 20.9 Å². The van der Waals surface area contributed by atoms with Crippen LogP contribution in [-0.2, 0) is 0 Å². The molecule has 0 spiro atoms. The predicted molar refractivity (Wildman–Crippen MR) is 44.4 cm³/mol. The van der Waals surface area contributed by atoms with Gasteiger partial charge in [0.2, 0.25) is 5.65 Å². The van der Waals surface area contributed by atoms with E-state index < -0.39 is 0 Å². The third kappa shape index (κ3) is 1.10. The van der Waals surface area contributed by atoms with E-state index in [0.717, 1.165) is 0 Å². The van der Waals surface area contributed by atoms with Crippen LogP contribution >= 0.6 is 27.5 Å². The second-order valence-corrected chi connectivity index (χ2v) is 3.08. The van der Waals surface area contributed by atoms with Gasteiger partial charge in [0.15, 0.2) is 0 Å². The van der Waals surface area contributed by atoms with Gasteiger partial charge >= 0.3 is 0 Å². The Labute approximate surface area is 75.1 Å². The smallest absolute Gasteiger partial charge is 0.200 e. The van der Waals surface area contributed by atoms with Crippen LogP contribution in [0.3, 0.4) is 0 Å². The molecule has 0 saturated heterocycles. The number of halogens is 2. The van der Waals surface area contributed by atoms with Crippen LogP contribution in [0.4, 0.5) is 0 Å². The Morgan fingerprint density at radius 3 is 3.18 bits per heavy atom. The van der Waals surface area contributed by atoms with Crippen LogP contribution in [0.15, 0.2) is 10.8 Å². The maximum absolute atomic E-state index is 5.61. The Morgan fingerprint density at radius 2 is 2.36 bits per heavy atom. The molecule has 6 heteroatoms. The summed E-state index contributed by atoms with van der Waals surface area (Å²) in [5, 5.41) is 6.90. The van der Waals surface area contributed by atoms with Gasteiger partial charge in [0.1, 0.15) is 15.3 Å². The maximum Gasteiger partial charge on any atom is 0.200 e. The van der Waals surface area contributed by atoms with Crippen LogP contribution in [-0.4, -0.2) is 20.2 Å². The van der Waals surface area contributed by atoms with Gasteiger partial charge < -0.3 is 0 Å². The van der Waals surface area contributed by atoms with E-state index >= 15 is 0 Å². The summed E-state index contributed by atoms with van der Waals surface area (Å²) in [6.07, 6.45) is 1.46. The standard InChI is InChI=1S/C5H2BrClN4/c6-4-3-5(11-10-4)8-1-2(7)9-3/h1H,(H,8,10,11). The quantitative estimate of drug-likeness (QED) is 0.754. The molecule has 0 aliphatic heterocycles. The van der Waals surface area contributed by atoms with E-state index in [2.05, 4.69) is 36.1 Å². The maximum atomic E-state index is 5.61. The van der Waals surface area contributed by atoms with Crippen molar-refractivity contribution in [3.05, 3.63) is 16.0 Å². The number of fused-ring (bicyclic) bond motifs is 1. The topological polar surface area (TPSA) is 54.5 Å². The molecule has 4 nitrogen and oxygen atoms in total. The van der Waals surface area contributed by atoms with E-state index in [1.807, 2.05) is 0 Å². The minimum absolute atomic E-state index is 0.361. The summed E-state index contributed by atoms with van der Waals surface area (Å²) < 4.78 is 0.697. The van der Waals surface area contributed by atoms with Gasteiger partial charge in [-0.1, -0.05) is 11.6 Å². The molecule has 2 aromatic heterocycles. The van der Waals surface area contributed by atoms with Crippen molar-refractivity contribution >= 4 is 38.7 Å². The lowest BCUT2D eigenvalue weighted by atomic mass is 10.6. The molecule has 2 heterocycles. The highest BCUT2D eigenvalue weighted by molar-refractivity contribution is 9.10.